The summed E-state index contributed by atoms with van der Waals surface area (Å²) in [5.74, 6) is 0.465. The standard InChI is InChI=1S/C13H20N2O3/c1-15(2)13(6-4-7-13)12(17)14-9-10(16)11-5-3-8-18-11/h3,5,8,10,16H,4,6-7,9H2,1-2H3,(H,14,17). The SMILES string of the molecule is CN(C)C1(C(=O)NCC(O)c2ccco2)CCC1. The lowest BCUT2D eigenvalue weighted by Gasteiger charge is -2.45. The van der Waals surface area contributed by atoms with Gasteiger partial charge in [0.25, 0.3) is 0 Å². The smallest absolute Gasteiger partial charge is 0.240 e. The van der Waals surface area contributed by atoms with Gasteiger partial charge in [-0.3, -0.25) is 9.69 Å². The van der Waals surface area contributed by atoms with Crippen molar-refractivity contribution < 1.29 is 14.3 Å². The molecule has 1 aliphatic carbocycles. The highest BCUT2D eigenvalue weighted by Crippen LogP contribution is 2.36. The monoisotopic (exact) mass is 252 g/mol. The molecule has 1 atom stereocenters. The van der Waals surface area contributed by atoms with Crippen molar-refractivity contribution in [3.8, 4) is 0 Å². The number of aliphatic hydroxyl groups is 1. The van der Waals surface area contributed by atoms with Crippen LogP contribution in [0.3, 0.4) is 0 Å². The summed E-state index contributed by atoms with van der Waals surface area (Å²) in [6.07, 6.45) is 3.55. The van der Waals surface area contributed by atoms with Crippen LogP contribution in [0.4, 0.5) is 0 Å². The molecule has 0 radical (unpaired) electrons. The second-order valence-corrected chi connectivity index (χ2v) is 5.02. The second-order valence-electron chi connectivity index (χ2n) is 5.02. The third kappa shape index (κ3) is 2.28. The molecule has 0 aromatic carbocycles. The van der Waals surface area contributed by atoms with Crippen molar-refractivity contribution in [1.82, 2.24) is 10.2 Å². The van der Waals surface area contributed by atoms with E-state index in [1.165, 1.54) is 6.26 Å². The average Bonchev–Trinajstić information content (AvgIpc) is 2.76. The lowest BCUT2D eigenvalue weighted by atomic mass is 9.75. The first-order valence-electron chi connectivity index (χ1n) is 6.23. The van der Waals surface area contributed by atoms with E-state index in [1.54, 1.807) is 12.1 Å². The highest BCUT2D eigenvalue weighted by atomic mass is 16.4. The maximum Gasteiger partial charge on any atom is 0.240 e. The maximum absolute atomic E-state index is 12.2. The van der Waals surface area contributed by atoms with Crippen molar-refractivity contribution in [1.29, 1.82) is 0 Å². The molecule has 1 heterocycles. The van der Waals surface area contributed by atoms with Crippen LogP contribution in [-0.2, 0) is 4.79 Å². The van der Waals surface area contributed by atoms with Crippen LogP contribution in [0.5, 0.6) is 0 Å². The Morgan fingerprint density at radius 2 is 2.33 bits per heavy atom. The van der Waals surface area contributed by atoms with E-state index in [1.807, 2.05) is 19.0 Å². The average molecular weight is 252 g/mol. The molecular formula is C13H20N2O3. The lowest BCUT2D eigenvalue weighted by Crippen LogP contribution is -2.60. The molecule has 1 aromatic heterocycles. The predicted octanol–water partition coefficient (Wildman–Crippen LogP) is 0.914. The van der Waals surface area contributed by atoms with E-state index in [0.29, 0.717) is 5.76 Å². The number of aliphatic hydroxyl groups excluding tert-OH is 1. The van der Waals surface area contributed by atoms with Gasteiger partial charge in [-0.1, -0.05) is 0 Å². The molecule has 2 rings (SSSR count). The highest BCUT2D eigenvalue weighted by molar-refractivity contribution is 5.87. The summed E-state index contributed by atoms with van der Waals surface area (Å²) in [6.45, 7) is 0.182. The van der Waals surface area contributed by atoms with Crippen LogP contribution in [0.15, 0.2) is 22.8 Å². The first kappa shape index (κ1) is 13.1. The first-order valence-corrected chi connectivity index (χ1v) is 6.23. The molecule has 18 heavy (non-hydrogen) atoms. The molecule has 100 valence electrons. The topological polar surface area (TPSA) is 65.7 Å². The minimum atomic E-state index is -0.789. The van der Waals surface area contributed by atoms with Gasteiger partial charge in [-0.05, 0) is 45.5 Å². The van der Waals surface area contributed by atoms with Crippen LogP contribution in [0.1, 0.15) is 31.1 Å². The Kier molecular flexibility index (Phi) is 3.73. The number of carbonyl (C=O) groups is 1. The van der Waals surface area contributed by atoms with Gasteiger partial charge >= 0.3 is 0 Å². The summed E-state index contributed by atoms with van der Waals surface area (Å²) in [6, 6.07) is 3.41. The summed E-state index contributed by atoms with van der Waals surface area (Å²) in [4.78, 5) is 14.1. The Balaban J connectivity index is 1.88. The van der Waals surface area contributed by atoms with Crippen molar-refractivity contribution in [3.05, 3.63) is 24.2 Å². The Morgan fingerprint density at radius 3 is 2.78 bits per heavy atom. The molecule has 2 N–H and O–H groups in total. The zero-order valence-corrected chi connectivity index (χ0v) is 10.8. The summed E-state index contributed by atoms with van der Waals surface area (Å²) in [7, 11) is 3.84. The number of rotatable bonds is 5. The van der Waals surface area contributed by atoms with Crippen molar-refractivity contribution in [2.24, 2.45) is 0 Å². The maximum atomic E-state index is 12.2. The molecule has 5 heteroatoms. The Morgan fingerprint density at radius 1 is 1.61 bits per heavy atom. The van der Waals surface area contributed by atoms with Crippen LogP contribution >= 0.6 is 0 Å². The quantitative estimate of drug-likeness (QED) is 0.817. The van der Waals surface area contributed by atoms with Crippen LogP contribution in [0.2, 0.25) is 0 Å². The number of likely N-dealkylation sites (N-methyl/N-ethyl adjacent to an activating group) is 1. The fourth-order valence-corrected chi connectivity index (χ4v) is 2.32. The van der Waals surface area contributed by atoms with Gasteiger partial charge in [-0.25, -0.2) is 0 Å². The van der Waals surface area contributed by atoms with Crippen LogP contribution in [0.25, 0.3) is 0 Å². The summed E-state index contributed by atoms with van der Waals surface area (Å²) < 4.78 is 5.09. The molecular weight excluding hydrogens is 232 g/mol. The molecule has 0 saturated heterocycles. The number of carbonyl (C=O) groups excluding carboxylic acids is 1. The van der Waals surface area contributed by atoms with E-state index in [2.05, 4.69) is 5.32 Å². The van der Waals surface area contributed by atoms with Gasteiger partial charge in [-0.2, -0.15) is 0 Å². The van der Waals surface area contributed by atoms with Crippen LogP contribution < -0.4 is 5.32 Å². The van der Waals surface area contributed by atoms with Gasteiger partial charge in [-0.15, -0.1) is 0 Å². The molecule has 1 aliphatic rings. The van der Waals surface area contributed by atoms with Gasteiger partial charge in [0.15, 0.2) is 0 Å². The zero-order chi connectivity index (χ0) is 13.2. The molecule has 1 fully saturated rings. The summed E-state index contributed by atoms with van der Waals surface area (Å²) in [5, 5.41) is 12.6. The largest absolute Gasteiger partial charge is 0.467 e. The molecule has 1 unspecified atom stereocenters. The minimum Gasteiger partial charge on any atom is -0.467 e. The number of amides is 1. The van der Waals surface area contributed by atoms with E-state index in [0.717, 1.165) is 19.3 Å². The molecule has 1 saturated carbocycles. The summed E-state index contributed by atoms with van der Waals surface area (Å²) in [5.41, 5.74) is -0.386. The molecule has 5 nitrogen and oxygen atoms in total. The number of nitrogens with zero attached hydrogens (tertiary/aromatic N) is 1. The van der Waals surface area contributed by atoms with Crippen LogP contribution in [0, 0.1) is 0 Å². The van der Waals surface area contributed by atoms with Gasteiger partial charge in [0.2, 0.25) is 5.91 Å². The van der Waals surface area contributed by atoms with Crippen molar-refractivity contribution in [3.63, 3.8) is 0 Å². The number of hydrogen-bond donors (Lipinski definition) is 2. The predicted molar refractivity (Wildman–Crippen MR) is 66.9 cm³/mol. The highest BCUT2D eigenvalue weighted by Gasteiger charge is 2.45. The Bertz CT molecular complexity index is 396. The molecule has 0 spiro atoms. The van der Waals surface area contributed by atoms with Crippen LogP contribution in [-0.4, -0.2) is 42.1 Å². The molecule has 0 aliphatic heterocycles. The van der Waals surface area contributed by atoms with Crippen molar-refractivity contribution in [2.75, 3.05) is 20.6 Å². The molecule has 0 bridgehead atoms. The number of nitrogens with one attached hydrogen (secondary N) is 1. The Labute approximate surface area is 107 Å². The second kappa shape index (κ2) is 5.12. The van der Waals surface area contributed by atoms with Crippen molar-refractivity contribution >= 4 is 5.91 Å². The minimum absolute atomic E-state index is 0.00986. The van der Waals surface area contributed by atoms with Gasteiger partial charge in [0, 0.05) is 0 Å². The third-order valence-corrected chi connectivity index (χ3v) is 3.79. The molecule has 1 amide bonds. The van der Waals surface area contributed by atoms with E-state index >= 15 is 0 Å². The first-order chi connectivity index (χ1) is 8.56. The number of hydrogen-bond acceptors (Lipinski definition) is 4. The normalized spacial score (nSPS) is 19.3. The Hall–Kier alpha value is -1.33. The summed E-state index contributed by atoms with van der Waals surface area (Å²) >= 11 is 0. The van der Waals surface area contributed by atoms with Gasteiger partial charge in [0.05, 0.1) is 18.3 Å². The zero-order valence-electron chi connectivity index (χ0n) is 10.8. The fourth-order valence-electron chi connectivity index (χ4n) is 2.32. The van der Waals surface area contributed by atoms with E-state index < -0.39 is 6.10 Å². The van der Waals surface area contributed by atoms with E-state index in [4.69, 9.17) is 4.42 Å². The lowest BCUT2D eigenvalue weighted by molar-refractivity contribution is -0.137. The van der Waals surface area contributed by atoms with E-state index in [-0.39, 0.29) is 18.0 Å². The number of furan rings is 1. The molecule has 1 aromatic rings. The fraction of sp³-hybridized carbons (Fsp3) is 0.615. The van der Waals surface area contributed by atoms with Crippen molar-refractivity contribution in [2.45, 2.75) is 30.9 Å². The van der Waals surface area contributed by atoms with Gasteiger partial charge in [0.1, 0.15) is 11.9 Å². The third-order valence-electron chi connectivity index (χ3n) is 3.79. The van der Waals surface area contributed by atoms with Gasteiger partial charge < -0.3 is 14.8 Å². The van der Waals surface area contributed by atoms with E-state index in [9.17, 15) is 9.90 Å².